The summed E-state index contributed by atoms with van der Waals surface area (Å²) < 4.78 is 5.75. The summed E-state index contributed by atoms with van der Waals surface area (Å²) in [7, 11) is 0. The van der Waals surface area contributed by atoms with Gasteiger partial charge in [0.25, 0.3) is 5.91 Å². The lowest BCUT2D eigenvalue weighted by atomic mass is 10.1. The Labute approximate surface area is 119 Å². The van der Waals surface area contributed by atoms with Crippen LogP contribution < -0.4 is 0 Å². The lowest BCUT2D eigenvalue weighted by molar-refractivity contribution is 0.00211. The van der Waals surface area contributed by atoms with Crippen molar-refractivity contribution < 1.29 is 9.53 Å². The van der Waals surface area contributed by atoms with Crippen LogP contribution >= 0.6 is 11.6 Å². The third kappa shape index (κ3) is 3.95. The first-order valence-electron chi connectivity index (χ1n) is 6.87. The molecule has 1 aliphatic heterocycles. The van der Waals surface area contributed by atoms with Crippen LogP contribution in [0.25, 0.3) is 0 Å². The zero-order valence-electron chi connectivity index (χ0n) is 11.3. The summed E-state index contributed by atoms with van der Waals surface area (Å²) in [6.07, 6.45) is 3.25. The molecule has 3 nitrogen and oxygen atoms in total. The number of carbonyl (C=O) groups is 1. The molecule has 19 heavy (non-hydrogen) atoms. The fourth-order valence-electron chi connectivity index (χ4n) is 2.32. The molecule has 4 heteroatoms. The van der Waals surface area contributed by atoms with Gasteiger partial charge < -0.3 is 9.64 Å². The first kappa shape index (κ1) is 14.4. The Morgan fingerprint density at radius 3 is 2.84 bits per heavy atom. The van der Waals surface area contributed by atoms with Gasteiger partial charge in [0.1, 0.15) is 0 Å². The molecule has 0 aromatic heterocycles. The number of halogens is 1. The van der Waals surface area contributed by atoms with Crippen molar-refractivity contribution in [2.45, 2.75) is 32.3 Å². The topological polar surface area (TPSA) is 29.5 Å². The maximum atomic E-state index is 12.4. The van der Waals surface area contributed by atoms with Crippen LogP contribution in [0, 0.1) is 0 Å². The van der Waals surface area contributed by atoms with E-state index >= 15 is 0 Å². The quantitative estimate of drug-likeness (QED) is 0.847. The van der Waals surface area contributed by atoms with Crippen LogP contribution in [0.2, 0.25) is 5.02 Å². The highest BCUT2D eigenvalue weighted by molar-refractivity contribution is 6.30. The molecule has 1 aromatic carbocycles. The zero-order valence-corrected chi connectivity index (χ0v) is 12.0. The number of likely N-dealkylation sites (tertiary alicyclic amines) is 1. The van der Waals surface area contributed by atoms with Crippen LogP contribution in [0.1, 0.15) is 36.5 Å². The Bertz CT molecular complexity index is 419. The van der Waals surface area contributed by atoms with Crippen LogP contribution in [0.3, 0.4) is 0 Å². The highest BCUT2D eigenvalue weighted by Crippen LogP contribution is 2.17. The maximum absolute atomic E-state index is 12.4. The average molecular weight is 282 g/mol. The smallest absolute Gasteiger partial charge is 0.253 e. The predicted octanol–water partition coefficient (Wildman–Crippen LogP) is 3.37. The number of hydrogen-bond acceptors (Lipinski definition) is 2. The second kappa shape index (κ2) is 6.92. The standard InChI is InChI=1S/C15H20ClNO2/c1-2-10-19-14-4-3-9-17(11-14)15(18)12-5-7-13(16)8-6-12/h5-8,14H,2-4,9-11H2,1H3/t14-/m0/s1. The van der Waals surface area contributed by atoms with Crippen LogP contribution in [-0.4, -0.2) is 36.6 Å². The van der Waals surface area contributed by atoms with Crippen molar-refractivity contribution in [1.82, 2.24) is 4.90 Å². The number of piperidine rings is 1. The van der Waals surface area contributed by atoms with Gasteiger partial charge in [-0.05, 0) is 43.5 Å². The molecule has 1 aliphatic rings. The van der Waals surface area contributed by atoms with E-state index in [1.807, 2.05) is 4.90 Å². The van der Waals surface area contributed by atoms with E-state index in [-0.39, 0.29) is 12.0 Å². The lowest BCUT2D eigenvalue weighted by Gasteiger charge is -2.32. The average Bonchev–Trinajstić information content (AvgIpc) is 2.45. The Morgan fingerprint density at radius 1 is 1.42 bits per heavy atom. The molecule has 0 radical (unpaired) electrons. The Balaban J connectivity index is 1.96. The monoisotopic (exact) mass is 281 g/mol. The highest BCUT2D eigenvalue weighted by Gasteiger charge is 2.24. The minimum absolute atomic E-state index is 0.0708. The van der Waals surface area contributed by atoms with Crippen molar-refractivity contribution in [2.75, 3.05) is 19.7 Å². The number of nitrogens with zero attached hydrogens (tertiary/aromatic N) is 1. The third-order valence-corrected chi connectivity index (χ3v) is 3.57. The maximum Gasteiger partial charge on any atom is 0.253 e. The van der Waals surface area contributed by atoms with Gasteiger partial charge in [-0.25, -0.2) is 0 Å². The van der Waals surface area contributed by atoms with Crippen LogP contribution in [0.5, 0.6) is 0 Å². The lowest BCUT2D eigenvalue weighted by Crippen LogP contribution is -2.43. The number of rotatable bonds is 4. The summed E-state index contributed by atoms with van der Waals surface area (Å²) in [6.45, 7) is 4.38. The van der Waals surface area contributed by atoms with Gasteiger partial charge in [0.05, 0.1) is 6.10 Å². The van der Waals surface area contributed by atoms with Gasteiger partial charge in [0.2, 0.25) is 0 Å². The van der Waals surface area contributed by atoms with E-state index in [4.69, 9.17) is 16.3 Å². The van der Waals surface area contributed by atoms with Gasteiger partial charge in [-0.15, -0.1) is 0 Å². The molecule has 1 amide bonds. The third-order valence-electron chi connectivity index (χ3n) is 3.31. The van der Waals surface area contributed by atoms with E-state index in [0.29, 0.717) is 17.1 Å². The molecule has 0 saturated carbocycles. The van der Waals surface area contributed by atoms with Crippen molar-refractivity contribution in [1.29, 1.82) is 0 Å². The number of hydrogen-bond donors (Lipinski definition) is 0. The summed E-state index contributed by atoms with van der Waals surface area (Å²) >= 11 is 5.84. The molecule has 0 bridgehead atoms. The van der Waals surface area contributed by atoms with Gasteiger partial charge in [0, 0.05) is 30.3 Å². The number of ether oxygens (including phenoxy) is 1. The molecule has 0 spiro atoms. The van der Waals surface area contributed by atoms with E-state index in [2.05, 4.69) is 6.92 Å². The van der Waals surface area contributed by atoms with Crippen LogP contribution in [-0.2, 0) is 4.74 Å². The SMILES string of the molecule is CCCO[C@H]1CCCN(C(=O)c2ccc(Cl)cc2)C1. The van der Waals surface area contributed by atoms with E-state index in [0.717, 1.165) is 32.4 Å². The molecule has 1 heterocycles. The van der Waals surface area contributed by atoms with E-state index in [1.54, 1.807) is 24.3 Å². The van der Waals surface area contributed by atoms with E-state index in [1.165, 1.54) is 0 Å². The second-order valence-corrected chi connectivity index (χ2v) is 5.33. The number of amides is 1. The summed E-state index contributed by atoms with van der Waals surface area (Å²) in [5.41, 5.74) is 0.695. The summed E-state index contributed by atoms with van der Waals surface area (Å²) in [5, 5.41) is 0.652. The van der Waals surface area contributed by atoms with Crippen molar-refractivity contribution in [3.63, 3.8) is 0 Å². The molecule has 1 atom stereocenters. The molecule has 0 N–H and O–H groups in total. The zero-order chi connectivity index (χ0) is 13.7. The molecule has 0 aliphatic carbocycles. The Kier molecular flexibility index (Phi) is 5.23. The van der Waals surface area contributed by atoms with Gasteiger partial charge in [-0.2, -0.15) is 0 Å². The van der Waals surface area contributed by atoms with Crippen molar-refractivity contribution >= 4 is 17.5 Å². The summed E-state index contributed by atoms with van der Waals surface area (Å²) in [5.74, 6) is 0.0708. The largest absolute Gasteiger partial charge is 0.376 e. The van der Waals surface area contributed by atoms with Crippen LogP contribution in [0.4, 0.5) is 0 Å². The Morgan fingerprint density at radius 2 is 2.16 bits per heavy atom. The molecular weight excluding hydrogens is 262 g/mol. The highest BCUT2D eigenvalue weighted by atomic mass is 35.5. The first-order valence-corrected chi connectivity index (χ1v) is 7.25. The Hall–Kier alpha value is -1.06. The minimum Gasteiger partial charge on any atom is -0.376 e. The minimum atomic E-state index is 0.0708. The summed E-state index contributed by atoms with van der Waals surface area (Å²) in [4.78, 5) is 14.2. The normalized spacial score (nSPS) is 19.5. The second-order valence-electron chi connectivity index (χ2n) is 4.89. The van der Waals surface area contributed by atoms with Gasteiger partial charge in [-0.3, -0.25) is 4.79 Å². The molecule has 2 rings (SSSR count). The molecule has 1 fully saturated rings. The molecule has 0 unspecified atom stereocenters. The fraction of sp³-hybridized carbons (Fsp3) is 0.533. The molecule has 1 aromatic rings. The first-order chi connectivity index (χ1) is 9.20. The summed E-state index contributed by atoms with van der Waals surface area (Å²) in [6, 6.07) is 7.07. The predicted molar refractivity (Wildman–Crippen MR) is 76.6 cm³/mol. The van der Waals surface area contributed by atoms with Crippen molar-refractivity contribution in [3.8, 4) is 0 Å². The number of benzene rings is 1. The van der Waals surface area contributed by atoms with E-state index in [9.17, 15) is 4.79 Å². The van der Waals surface area contributed by atoms with Crippen molar-refractivity contribution in [2.24, 2.45) is 0 Å². The van der Waals surface area contributed by atoms with Gasteiger partial charge in [0.15, 0.2) is 0 Å². The molecule has 1 saturated heterocycles. The van der Waals surface area contributed by atoms with Gasteiger partial charge >= 0.3 is 0 Å². The molecule has 104 valence electrons. The molecular formula is C15H20ClNO2. The van der Waals surface area contributed by atoms with Gasteiger partial charge in [-0.1, -0.05) is 18.5 Å². The fourth-order valence-corrected chi connectivity index (χ4v) is 2.44. The van der Waals surface area contributed by atoms with Crippen molar-refractivity contribution in [3.05, 3.63) is 34.9 Å². The number of carbonyl (C=O) groups excluding carboxylic acids is 1. The van der Waals surface area contributed by atoms with Crippen LogP contribution in [0.15, 0.2) is 24.3 Å². The van der Waals surface area contributed by atoms with E-state index < -0.39 is 0 Å².